The molecule has 0 aliphatic rings. The predicted octanol–water partition coefficient (Wildman–Crippen LogP) is 1.73. The van der Waals surface area contributed by atoms with Crippen LogP contribution in [0.1, 0.15) is 5.56 Å². The molecule has 6 heteroatoms. The number of hydrogen-bond acceptors (Lipinski definition) is 3. The van der Waals surface area contributed by atoms with Crippen molar-refractivity contribution in [2.75, 3.05) is 0 Å². The maximum Gasteiger partial charge on any atom is 0.262 e. The van der Waals surface area contributed by atoms with Crippen molar-refractivity contribution >= 4 is 37.6 Å². The van der Waals surface area contributed by atoms with Crippen LogP contribution in [0.2, 0.25) is 5.02 Å². The number of carbonyl (C=O) groups excluding carboxylic acids is 1. The van der Waals surface area contributed by atoms with Crippen molar-refractivity contribution < 1.29 is 13.2 Å². The molecule has 0 unspecified atom stereocenters. The van der Waals surface area contributed by atoms with E-state index in [2.05, 4.69) is 0 Å². The van der Waals surface area contributed by atoms with E-state index in [-0.39, 0.29) is 15.5 Å². The van der Waals surface area contributed by atoms with E-state index in [1.807, 2.05) is 0 Å². The van der Waals surface area contributed by atoms with Crippen molar-refractivity contribution in [3.63, 3.8) is 0 Å². The molecule has 1 aromatic carbocycles. The Morgan fingerprint density at radius 3 is 2.38 bits per heavy atom. The minimum Gasteiger partial charge on any atom is -0.285 e. The molecule has 0 heterocycles. The van der Waals surface area contributed by atoms with E-state index in [9.17, 15) is 13.2 Å². The highest BCUT2D eigenvalue weighted by Crippen LogP contribution is 2.24. The van der Waals surface area contributed by atoms with E-state index in [1.165, 1.54) is 18.4 Å². The van der Waals surface area contributed by atoms with Gasteiger partial charge in [0.15, 0.2) is 0 Å². The molecule has 1 rings (SSSR count). The largest absolute Gasteiger partial charge is 0.285 e. The molecule has 0 aromatic heterocycles. The molecule has 69 valence electrons. The molecule has 0 bridgehead atoms. The SMILES string of the molecule is O=[C]c1ccc(Cl)c(S(=O)(=O)Cl)c1. The molecule has 0 atom stereocenters. The lowest BCUT2D eigenvalue weighted by molar-refractivity contribution is 0.562. The fourth-order valence-electron chi connectivity index (χ4n) is 0.754. The first-order valence-corrected chi connectivity index (χ1v) is 5.76. The zero-order valence-corrected chi connectivity index (χ0v) is 8.45. The second kappa shape index (κ2) is 3.65. The molecule has 13 heavy (non-hydrogen) atoms. The van der Waals surface area contributed by atoms with Crippen LogP contribution >= 0.6 is 22.3 Å². The summed E-state index contributed by atoms with van der Waals surface area (Å²) in [7, 11) is 1.15. The lowest BCUT2D eigenvalue weighted by Gasteiger charge is -1.99. The quantitative estimate of drug-likeness (QED) is 0.737. The zero-order valence-electron chi connectivity index (χ0n) is 6.12. The molecule has 0 fully saturated rings. The summed E-state index contributed by atoms with van der Waals surface area (Å²) in [6.45, 7) is 0. The molecule has 0 aliphatic heterocycles. The number of halogens is 2. The van der Waals surface area contributed by atoms with Gasteiger partial charge in [0, 0.05) is 16.2 Å². The standard InChI is InChI=1S/C7H3Cl2O3S/c8-6-2-1-5(4-10)3-7(6)13(9,11)12/h1-3H. The average molecular weight is 238 g/mol. The lowest BCUT2D eigenvalue weighted by Crippen LogP contribution is -1.93. The van der Waals surface area contributed by atoms with Crippen molar-refractivity contribution in [1.29, 1.82) is 0 Å². The summed E-state index contributed by atoms with van der Waals surface area (Å²) in [5.41, 5.74) is 0.0867. The summed E-state index contributed by atoms with van der Waals surface area (Å²) in [5.74, 6) is 0. The lowest BCUT2D eigenvalue weighted by atomic mass is 10.2. The molecule has 0 spiro atoms. The smallest absolute Gasteiger partial charge is 0.262 e. The average Bonchev–Trinajstić information content (AvgIpc) is 2.03. The van der Waals surface area contributed by atoms with Crippen LogP contribution in [0, 0.1) is 0 Å². The molecule has 0 amide bonds. The van der Waals surface area contributed by atoms with Crippen LogP contribution in [0.4, 0.5) is 0 Å². The molecule has 1 radical (unpaired) electrons. The Hall–Kier alpha value is -0.580. The minimum atomic E-state index is -3.90. The monoisotopic (exact) mass is 237 g/mol. The molecule has 0 N–H and O–H groups in total. The van der Waals surface area contributed by atoms with E-state index in [4.69, 9.17) is 22.3 Å². The number of hydrogen-bond donors (Lipinski definition) is 0. The Kier molecular flexibility index (Phi) is 2.95. The van der Waals surface area contributed by atoms with Gasteiger partial charge in [-0.3, -0.25) is 4.79 Å². The van der Waals surface area contributed by atoms with Crippen molar-refractivity contribution in [3.8, 4) is 0 Å². The number of benzene rings is 1. The van der Waals surface area contributed by atoms with Crippen molar-refractivity contribution in [1.82, 2.24) is 0 Å². The first kappa shape index (κ1) is 10.5. The third-order valence-electron chi connectivity index (χ3n) is 1.31. The molecule has 3 nitrogen and oxygen atoms in total. The highest BCUT2D eigenvalue weighted by molar-refractivity contribution is 8.13. The van der Waals surface area contributed by atoms with E-state index >= 15 is 0 Å². The predicted molar refractivity (Wildman–Crippen MR) is 49.3 cm³/mol. The summed E-state index contributed by atoms with van der Waals surface area (Å²) in [4.78, 5) is 9.91. The minimum absolute atomic E-state index is 0.0194. The molecule has 0 saturated carbocycles. The third-order valence-corrected chi connectivity index (χ3v) is 3.12. The van der Waals surface area contributed by atoms with Gasteiger partial charge < -0.3 is 0 Å². The van der Waals surface area contributed by atoms with Crippen LogP contribution in [0.3, 0.4) is 0 Å². The van der Waals surface area contributed by atoms with Crippen LogP contribution in [-0.2, 0) is 13.8 Å². The molecule has 0 aliphatic carbocycles. The van der Waals surface area contributed by atoms with E-state index < -0.39 is 9.05 Å². The van der Waals surface area contributed by atoms with Gasteiger partial charge in [-0.15, -0.1) is 0 Å². The van der Waals surface area contributed by atoms with E-state index in [0.717, 1.165) is 6.07 Å². The summed E-state index contributed by atoms with van der Waals surface area (Å²) < 4.78 is 21.7. The van der Waals surface area contributed by atoms with Crippen molar-refractivity contribution in [3.05, 3.63) is 28.8 Å². The van der Waals surface area contributed by atoms with Gasteiger partial charge in [0.1, 0.15) is 4.90 Å². The van der Waals surface area contributed by atoms with Crippen molar-refractivity contribution in [2.24, 2.45) is 0 Å². The van der Waals surface area contributed by atoms with Gasteiger partial charge >= 0.3 is 0 Å². The second-order valence-corrected chi connectivity index (χ2v) is 5.13. The van der Waals surface area contributed by atoms with Gasteiger partial charge in [-0.25, -0.2) is 8.42 Å². The van der Waals surface area contributed by atoms with Gasteiger partial charge in [-0.05, 0) is 18.2 Å². The number of rotatable bonds is 2. The zero-order chi connectivity index (χ0) is 10.1. The van der Waals surface area contributed by atoms with Crippen LogP contribution in [0.15, 0.2) is 23.1 Å². The van der Waals surface area contributed by atoms with Gasteiger partial charge in [-0.1, -0.05) is 11.6 Å². The molecule has 0 saturated heterocycles. The Labute approximate surface area is 84.7 Å². The van der Waals surface area contributed by atoms with Crippen molar-refractivity contribution in [2.45, 2.75) is 4.90 Å². The van der Waals surface area contributed by atoms with E-state index in [0.29, 0.717) is 0 Å². The molecular weight excluding hydrogens is 235 g/mol. The highest BCUT2D eigenvalue weighted by Gasteiger charge is 2.15. The topological polar surface area (TPSA) is 51.2 Å². The van der Waals surface area contributed by atoms with Crippen LogP contribution in [0.5, 0.6) is 0 Å². The summed E-state index contributed by atoms with van der Waals surface area (Å²) in [5, 5.41) is -0.0194. The van der Waals surface area contributed by atoms with Crippen LogP contribution < -0.4 is 0 Å². The summed E-state index contributed by atoms with van der Waals surface area (Å²) in [6, 6.07) is 3.69. The highest BCUT2D eigenvalue weighted by atomic mass is 35.7. The Balaban J connectivity index is 3.44. The Morgan fingerprint density at radius 2 is 1.92 bits per heavy atom. The molecule has 1 aromatic rings. The fraction of sp³-hybridized carbons (Fsp3) is 0. The Morgan fingerprint density at radius 1 is 1.31 bits per heavy atom. The normalized spacial score (nSPS) is 11.2. The second-order valence-electron chi connectivity index (χ2n) is 2.19. The summed E-state index contributed by atoms with van der Waals surface area (Å²) in [6.07, 6.45) is 1.53. The van der Waals surface area contributed by atoms with E-state index in [1.54, 1.807) is 0 Å². The summed E-state index contributed by atoms with van der Waals surface area (Å²) >= 11 is 5.54. The first-order valence-electron chi connectivity index (χ1n) is 3.07. The van der Waals surface area contributed by atoms with Gasteiger partial charge in [0.25, 0.3) is 9.05 Å². The van der Waals surface area contributed by atoms with Crippen LogP contribution in [-0.4, -0.2) is 14.7 Å². The van der Waals surface area contributed by atoms with Gasteiger partial charge in [0.2, 0.25) is 6.29 Å². The first-order chi connectivity index (χ1) is 5.95. The fourth-order valence-corrected chi connectivity index (χ4v) is 2.25. The Bertz CT molecular complexity index is 439. The third kappa shape index (κ3) is 2.43. The molecular formula is C7H3Cl2O3S. The maximum absolute atomic E-state index is 10.9. The van der Waals surface area contributed by atoms with Crippen LogP contribution in [0.25, 0.3) is 0 Å². The van der Waals surface area contributed by atoms with Gasteiger partial charge in [0.05, 0.1) is 5.02 Å². The van der Waals surface area contributed by atoms with Gasteiger partial charge in [-0.2, -0.15) is 0 Å². The maximum atomic E-state index is 10.9.